The SMILES string of the molecule is CC(C)CCC(NN)c1cc(Br)ccc1I. The van der Waals surface area contributed by atoms with Gasteiger partial charge in [0.1, 0.15) is 0 Å². The summed E-state index contributed by atoms with van der Waals surface area (Å²) in [6.45, 7) is 4.47. The molecule has 0 radical (unpaired) electrons. The maximum Gasteiger partial charge on any atom is 0.0471 e. The Morgan fingerprint density at radius 1 is 1.38 bits per heavy atom. The third kappa shape index (κ3) is 4.31. The average molecular weight is 397 g/mol. The fourth-order valence-corrected chi connectivity index (χ4v) is 2.70. The van der Waals surface area contributed by atoms with E-state index in [-0.39, 0.29) is 6.04 Å². The first kappa shape index (κ1) is 14.4. The van der Waals surface area contributed by atoms with Gasteiger partial charge in [-0.05, 0) is 65.1 Å². The van der Waals surface area contributed by atoms with Gasteiger partial charge in [0.05, 0.1) is 0 Å². The Balaban J connectivity index is 2.81. The lowest BCUT2D eigenvalue weighted by Gasteiger charge is -2.19. The Kier molecular flexibility index (Phi) is 6.25. The fourth-order valence-electron chi connectivity index (χ4n) is 1.61. The van der Waals surface area contributed by atoms with E-state index in [0.29, 0.717) is 5.92 Å². The molecule has 0 aliphatic rings. The van der Waals surface area contributed by atoms with E-state index in [1.54, 1.807) is 0 Å². The molecule has 0 aliphatic heterocycles. The van der Waals surface area contributed by atoms with Gasteiger partial charge in [-0.15, -0.1) is 0 Å². The normalized spacial score (nSPS) is 13.1. The number of rotatable bonds is 5. The van der Waals surface area contributed by atoms with Gasteiger partial charge in [0.15, 0.2) is 0 Å². The molecule has 0 saturated heterocycles. The van der Waals surface area contributed by atoms with Gasteiger partial charge in [-0.2, -0.15) is 0 Å². The molecule has 0 bridgehead atoms. The van der Waals surface area contributed by atoms with Gasteiger partial charge >= 0.3 is 0 Å². The van der Waals surface area contributed by atoms with Crippen LogP contribution in [-0.4, -0.2) is 0 Å². The molecule has 90 valence electrons. The molecule has 0 aliphatic carbocycles. The Labute approximate surface area is 120 Å². The Hall–Kier alpha value is 0.350. The summed E-state index contributed by atoms with van der Waals surface area (Å²) in [6.07, 6.45) is 2.25. The lowest BCUT2D eigenvalue weighted by atomic mass is 9.98. The third-order valence-corrected chi connectivity index (χ3v) is 4.04. The van der Waals surface area contributed by atoms with Crippen molar-refractivity contribution in [1.29, 1.82) is 0 Å². The molecule has 0 fully saturated rings. The van der Waals surface area contributed by atoms with Crippen LogP contribution >= 0.6 is 38.5 Å². The quantitative estimate of drug-likeness (QED) is 0.448. The summed E-state index contributed by atoms with van der Waals surface area (Å²) in [5.74, 6) is 6.35. The number of halogens is 2. The first-order valence-corrected chi connectivity index (χ1v) is 7.32. The number of benzene rings is 1. The molecule has 16 heavy (non-hydrogen) atoms. The van der Waals surface area contributed by atoms with Crippen LogP contribution < -0.4 is 11.3 Å². The van der Waals surface area contributed by atoms with Crippen molar-refractivity contribution in [2.45, 2.75) is 32.7 Å². The van der Waals surface area contributed by atoms with Gasteiger partial charge in [0, 0.05) is 14.1 Å². The zero-order valence-corrected chi connectivity index (χ0v) is 13.4. The van der Waals surface area contributed by atoms with Crippen LogP contribution in [0.1, 0.15) is 38.3 Å². The van der Waals surface area contributed by atoms with E-state index in [4.69, 9.17) is 5.84 Å². The van der Waals surface area contributed by atoms with Crippen molar-refractivity contribution in [3.05, 3.63) is 31.8 Å². The van der Waals surface area contributed by atoms with Crippen molar-refractivity contribution in [3.63, 3.8) is 0 Å². The molecular weight excluding hydrogens is 379 g/mol. The number of hydrogen-bond donors (Lipinski definition) is 2. The minimum absolute atomic E-state index is 0.242. The van der Waals surface area contributed by atoms with Crippen LogP contribution in [0, 0.1) is 9.49 Å². The molecule has 0 amide bonds. The van der Waals surface area contributed by atoms with Crippen molar-refractivity contribution in [2.75, 3.05) is 0 Å². The molecule has 4 heteroatoms. The smallest absolute Gasteiger partial charge is 0.0471 e. The van der Waals surface area contributed by atoms with Crippen molar-refractivity contribution in [3.8, 4) is 0 Å². The highest BCUT2D eigenvalue weighted by molar-refractivity contribution is 14.1. The molecule has 1 aromatic carbocycles. The van der Waals surface area contributed by atoms with Gasteiger partial charge in [-0.1, -0.05) is 29.8 Å². The minimum Gasteiger partial charge on any atom is -0.271 e. The molecule has 2 nitrogen and oxygen atoms in total. The highest BCUT2D eigenvalue weighted by Gasteiger charge is 2.13. The Bertz CT molecular complexity index is 342. The zero-order valence-electron chi connectivity index (χ0n) is 9.63. The summed E-state index contributed by atoms with van der Waals surface area (Å²) in [5, 5.41) is 0. The average Bonchev–Trinajstić information content (AvgIpc) is 2.23. The summed E-state index contributed by atoms with van der Waals surface area (Å²) < 4.78 is 2.36. The molecule has 0 spiro atoms. The van der Waals surface area contributed by atoms with Crippen LogP contribution in [0.5, 0.6) is 0 Å². The second-order valence-electron chi connectivity index (χ2n) is 4.36. The first-order chi connectivity index (χ1) is 7.54. The molecule has 1 atom stereocenters. The molecule has 0 heterocycles. The van der Waals surface area contributed by atoms with Crippen molar-refractivity contribution in [2.24, 2.45) is 11.8 Å². The van der Waals surface area contributed by atoms with Crippen LogP contribution in [0.2, 0.25) is 0 Å². The van der Waals surface area contributed by atoms with Gasteiger partial charge in [-0.25, -0.2) is 0 Å². The van der Waals surface area contributed by atoms with E-state index in [0.717, 1.165) is 10.9 Å². The Morgan fingerprint density at radius 2 is 2.06 bits per heavy atom. The van der Waals surface area contributed by atoms with Crippen LogP contribution in [0.15, 0.2) is 22.7 Å². The number of nitrogens with two attached hydrogens (primary N) is 1. The summed E-state index contributed by atoms with van der Waals surface area (Å²) >= 11 is 5.86. The minimum atomic E-state index is 0.242. The lowest BCUT2D eigenvalue weighted by Crippen LogP contribution is -2.28. The standard InChI is InChI=1S/C12H18BrIN2/c1-8(2)3-6-12(16-15)10-7-9(13)4-5-11(10)14/h4-5,7-8,12,16H,3,6,15H2,1-2H3. The summed E-state index contributed by atoms with van der Waals surface area (Å²) in [4.78, 5) is 0. The summed E-state index contributed by atoms with van der Waals surface area (Å²) in [5.41, 5.74) is 4.19. The van der Waals surface area contributed by atoms with Crippen LogP contribution in [0.4, 0.5) is 0 Å². The number of nitrogens with one attached hydrogen (secondary N) is 1. The zero-order chi connectivity index (χ0) is 12.1. The van der Waals surface area contributed by atoms with Gasteiger partial charge < -0.3 is 0 Å². The van der Waals surface area contributed by atoms with Gasteiger partial charge in [0.2, 0.25) is 0 Å². The molecule has 1 rings (SSSR count). The van der Waals surface area contributed by atoms with Crippen molar-refractivity contribution >= 4 is 38.5 Å². The summed E-state index contributed by atoms with van der Waals surface area (Å²) in [7, 11) is 0. The topological polar surface area (TPSA) is 38.0 Å². The number of hydrazine groups is 1. The molecule has 1 unspecified atom stereocenters. The van der Waals surface area contributed by atoms with Crippen LogP contribution in [0.3, 0.4) is 0 Å². The van der Waals surface area contributed by atoms with E-state index >= 15 is 0 Å². The Morgan fingerprint density at radius 3 is 2.62 bits per heavy atom. The molecular formula is C12H18BrIN2. The molecule has 0 aromatic heterocycles. The van der Waals surface area contributed by atoms with Crippen molar-refractivity contribution < 1.29 is 0 Å². The summed E-state index contributed by atoms with van der Waals surface area (Å²) in [6, 6.07) is 6.56. The first-order valence-electron chi connectivity index (χ1n) is 5.45. The van der Waals surface area contributed by atoms with E-state index in [1.807, 2.05) is 0 Å². The van der Waals surface area contributed by atoms with E-state index in [1.165, 1.54) is 15.6 Å². The highest BCUT2D eigenvalue weighted by atomic mass is 127. The fraction of sp³-hybridized carbons (Fsp3) is 0.500. The predicted molar refractivity (Wildman–Crippen MR) is 81.0 cm³/mol. The highest BCUT2D eigenvalue weighted by Crippen LogP contribution is 2.27. The largest absolute Gasteiger partial charge is 0.271 e. The van der Waals surface area contributed by atoms with E-state index in [9.17, 15) is 0 Å². The maximum atomic E-state index is 5.64. The van der Waals surface area contributed by atoms with Gasteiger partial charge in [-0.3, -0.25) is 11.3 Å². The van der Waals surface area contributed by atoms with Crippen LogP contribution in [-0.2, 0) is 0 Å². The lowest BCUT2D eigenvalue weighted by molar-refractivity contribution is 0.447. The second kappa shape index (κ2) is 6.93. The monoisotopic (exact) mass is 396 g/mol. The second-order valence-corrected chi connectivity index (χ2v) is 6.43. The molecule has 3 N–H and O–H groups in total. The number of hydrogen-bond acceptors (Lipinski definition) is 2. The van der Waals surface area contributed by atoms with Gasteiger partial charge in [0.25, 0.3) is 0 Å². The molecule has 0 saturated carbocycles. The van der Waals surface area contributed by atoms with Crippen LogP contribution in [0.25, 0.3) is 0 Å². The third-order valence-electron chi connectivity index (χ3n) is 2.57. The van der Waals surface area contributed by atoms with Crippen molar-refractivity contribution in [1.82, 2.24) is 5.43 Å². The molecule has 1 aromatic rings. The van der Waals surface area contributed by atoms with E-state index in [2.05, 4.69) is 76.0 Å². The maximum absolute atomic E-state index is 5.64. The van der Waals surface area contributed by atoms with E-state index < -0.39 is 0 Å². The predicted octanol–water partition coefficient (Wildman–Crippen LogP) is 3.99.